The maximum absolute atomic E-state index is 14.4. The van der Waals surface area contributed by atoms with E-state index in [1.165, 1.54) is 12.0 Å². The number of rotatable bonds is 14. The van der Waals surface area contributed by atoms with E-state index in [2.05, 4.69) is 50.0 Å². The summed E-state index contributed by atoms with van der Waals surface area (Å²) in [4.78, 5) is 8.59. The van der Waals surface area contributed by atoms with Crippen molar-refractivity contribution >= 4 is 24.2 Å². The molecular formula is C22H30BrFNO3P. The van der Waals surface area contributed by atoms with Crippen molar-refractivity contribution in [3.8, 4) is 0 Å². The van der Waals surface area contributed by atoms with E-state index >= 15 is 0 Å². The molecule has 0 bridgehead atoms. The molecular weight excluding hydrogens is 456 g/mol. The van der Waals surface area contributed by atoms with Crippen LogP contribution in [0.15, 0.2) is 46.9 Å². The molecule has 2 aromatic rings. The summed E-state index contributed by atoms with van der Waals surface area (Å²) in [5.74, 6) is -0.156. The largest absolute Gasteiger partial charge is 0.326 e. The van der Waals surface area contributed by atoms with Crippen LogP contribution < -0.4 is 5.32 Å². The number of halogens is 2. The fourth-order valence-electron chi connectivity index (χ4n) is 3.18. The summed E-state index contributed by atoms with van der Waals surface area (Å²) in [7, 11) is -2.85. The molecule has 0 aliphatic heterocycles. The van der Waals surface area contributed by atoms with Crippen LogP contribution in [0.5, 0.6) is 0 Å². The Labute approximate surface area is 182 Å². The second kappa shape index (κ2) is 14.1. The van der Waals surface area contributed by atoms with Gasteiger partial charge in [-0.3, -0.25) is 4.57 Å². The SMILES string of the molecule is O=[PH](O)OCCCNCc1cc(F)c(CCCCCCc2ccccc2)cc1Br. The van der Waals surface area contributed by atoms with E-state index in [1.54, 1.807) is 6.07 Å². The molecule has 0 radical (unpaired) electrons. The van der Waals surface area contributed by atoms with Gasteiger partial charge in [-0.1, -0.05) is 59.1 Å². The van der Waals surface area contributed by atoms with Gasteiger partial charge in [-0.25, -0.2) is 4.39 Å². The standard InChI is InChI=1S/C22H30BrFNO3P/c23-21-15-19(12-7-2-1-4-9-18-10-5-3-6-11-18)22(24)16-20(21)17-25-13-8-14-28-29(26)27/h3,5-6,10-11,15-16,25,29H,1-2,4,7-9,12-14,17H2,(H,26,27). The lowest BCUT2D eigenvalue weighted by Crippen LogP contribution is -2.16. The molecule has 0 fully saturated rings. The van der Waals surface area contributed by atoms with Crippen LogP contribution in [-0.2, 0) is 28.5 Å². The summed E-state index contributed by atoms with van der Waals surface area (Å²) in [5, 5.41) is 3.19. The van der Waals surface area contributed by atoms with Crippen molar-refractivity contribution in [3.05, 3.63) is 69.4 Å². The molecule has 0 spiro atoms. The molecule has 160 valence electrons. The molecule has 0 aliphatic carbocycles. The first kappa shape index (κ1) is 24.2. The lowest BCUT2D eigenvalue weighted by molar-refractivity contribution is 0.276. The van der Waals surface area contributed by atoms with E-state index < -0.39 is 8.25 Å². The molecule has 0 aliphatic rings. The molecule has 0 saturated heterocycles. The molecule has 1 atom stereocenters. The zero-order valence-corrected chi connectivity index (χ0v) is 19.2. The minimum atomic E-state index is -2.85. The summed E-state index contributed by atoms with van der Waals surface area (Å²) >= 11 is 3.54. The fourth-order valence-corrected chi connectivity index (χ4v) is 4.03. The van der Waals surface area contributed by atoms with Gasteiger partial charge >= 0.3 is 8.25 Å². The predicted octanol–water partition coefficient (Wildman–Crippen LogP) is 5.81. The van der Waals surface area contributed by atoms with Crippen molar-refractivity contribution in [2.45, 2.75) is 51.5 Å². The van der Waals surface area contributed by atoms with Crippen molar-refractivity contribution < 1.29 is 18.4 Å². The van der Waals surface area contributed by atoms with E-state index in [0.29, 0.717) is 19.5 Å². The highest BCUT2D eigenvalue weighted by Gasteiger charge is 2.08. The second-order valence-corrected chi connectivity index (χ2v) is 8.75. The average molecular weight is 486 g/mol. The Morgan fingerprint density at radius 1 is 1.00 bits per heavy atom. The third kappa shape index (κ3) is 10.0. The molecule has 2 aromatic carbocycles. The molecule has 7 heteroatoms. The minimum absolute atomic E-state index is 0.156. The van der Waals surface area contributed by atoms with Gasteiger partial charge < -0.3 is 14.7 Å². The van der Waals surface area contributed by atoms with Gasteiger partial charge in [-0.2, -0.15) is 0 Å². The van der Waals surface area contributed by atoms with E-state index in [9.17, 15) is 8.96 Å². The third-order valence-corrected chi connectivity index (χ3v) is 5.95. The average Bonchev–Trinajstić information content (AvgIpc) is 2.70. The van der Waals surface area contributed by atoms with Gasteiger partial charge in [0.1, 0.15) is 5.82 Å². The normalized spacial score (nSPS) is 12.2. The van der Waals surface area contributed by atoms with Crippen LogP contribution in [0.4, 0.5) is 4.39 Å². The topological polar surface area (TPSA) is 58.6 Å². The van der Waals surface area contributed by atoms with Gasteiger partial charge in [0.25, 0.3) is 0 Å². The first-order valence-electron chi connectivity index (χ1n) is 10.1. The Bertz CT molecular complexity index is 761. The molecule has 0 heterocycles. The van der Waals surface area contributed by atoms with E-state index in [4.69, 9.17) is 4.89 Å². The first-order chi connectivity index (χ1) is 14.1. The van der Waals surface area contributed by atoms with Crippen LogP contribution in [0.3, 0.4) is 0 Å². The summed E-state index contributed by atoms with van der Waals surface area (Å²) in [6, 6.07) is 14.0. The molecule has 2 rings (SSSR count). The Morgan fingerprint density at radius 3 is 2.45 bits per heavy atom. The Balaban J connectivity index is 1.65. The Kier molecular flexibility index (Phi) is 11.7. The highest BCUT2D eigenvalue weighted by molar-refractivity contribution is 9.10. The highest BCUT2D eigenvalue weighted by Crippen LogP contribution is 2.23. The van der Waals surface area contributed by atoms with Crippen LogP contribution in [0.25, 0.3) is 0 Å². The van der Waals surface area contributed by atoms with Gasteiger partial charge in [0.15, 0.2) is 0 Å². The van der Waals surface area contributed by atoms with Crippen LogP contribution in [-0.4, -0.2) is 18.0 Å². The monoisotopic (exact) mass is 485 g/mol. The van der Waals surface area contributed by atoms with Crippen molar-refractivity contribution in [2.75, 3.05) is 13.2 Å². The number of unbranched alkanes of at least 4 members (excludes halogenated alkanes) is 3. The number of hydrogen-bond acceptors (Lipinski definition) is 3. The zero-order valence-electron chi connectivity index (χ0n) is 16.6. The predicted molar refractivity (Wildman–Crippen MR) is 120 cm³/mol. The van der Waals surface area contributed by atoms with Gasteiger partial charge in [0.05, 0.1) is 6.61 Å². The molecule has 0 amide bonds. The summed E-state index contributed by atoms with van der Waals surface area (Å²) in [6.45, 7) is 1.40. The molecule has 29 heavy (non-hydrogen) atoms. The van der Waals surface area contributed by atoms with E-state index in [0.717, 1.165) is 47.7 Å². The molecule has 1 unspecified atom stereocenters. The van der Waals surface area contributed by atoms with Gasteiger partial charge in [-0.05, 0) is 67.5 Å². The zero-order chi connectivity index (χ0) is 20.9. The smallest absolute Gasteiger partial charge is 0.316 e. The summed E-state index contributed by atoms with van der Waals surface area (Å²) in [6.07, 6.45) is 6.91. The minimum Gasteiger partial charge on any atom is -0.326 e. The van der Waals surface area contributed by atoms with Crippen molar-refractivity contribution in [3.63, 3.8) is 0 Å². The van der Waals surface area contributed by atoms with Gasteiger partial charge in [-0.15, -0.1) is 0 Å². The van der Waals surface area contributed by atoms with Crippen LogP contribution in [0, 0.1) is 5.82 Å². The second-order valence-electron chi connectivity index (χ2n) is 7.08. The summed E-state index contributed by atoms with van der Waals surface area (Å²) in [5.41, 5.74) is 3.00. The lowest BCUT2D eigenvalue weighted by Gasteiger charge is -2.11. The maximum atomic E-state index is 14.4. The number of benzene rings is 2. The Hall–Kier alpha value is -1.04. The number of aryl methyl sites for hydroxylation is 2. The van der Waals surface area contributed by atoms with E-state index in [1.807, 2.05) is 12.1 Å². The van der Waals surface area contributed by atoms with Crippen molar-refractivity contribution in [1.82, 2.24) is 5.32 Å². The van der Waals surface area contributed by atoms with Gasteiger partial charge in [0, 0.05) is 11.0 Å². The fraction of sp³-hybridized carbons (Fsp3) is 0.455. The van der Waals surface area contributed by atoms with Crippen LogP contribution in [0.1, 0.15) is 48.8 Å². The van der Waals surface area contributed by atoms with Crippen LogP contribution >= 0.6 is 24.2 Å². The van der Waals surface area contributed by atoms with Gasteiger partial charge in [0.2, 0.25) is 0 Å². The Morgan fingerprint density at radius 2 is 1.72 bits per heavy atom. The number of hydrogen-bond donors (Lipinski definition) is 2. The molecule has 0 saturated carbocycles. The number of nitrogens with one attached hydrogen (secondary N) is 1. The maximum Gasteiger partial charge on any atom is 0.316 e. The summed E-state index contributed by atoms with van der Waals surface area (Å²) < 4.78 is 30.4. The van der Waals surface area contributed by atoms with Crippen molar-refractivity contribution in [1.29, 1.82) is 0 Å². The molecule has 0 aromatic heterocycles. The first-order valence-corrected chi connectivity index (χ1v) is 12.2. The molecule has 2 N–H and O–H groups in total. The third-order valence-electron chi connectivity index (χ3n) is 4.76. The highest BCUT2D eigenvalue weighted by atomic mass is 79.9. The van der Waals surface area contributed by atoms with Crippen molar-refractivity contribution in [2.24, 2.45) is 0 Å². The quantitative estimate of drug-likeness (QED) is 0.261. The van der Waals surface area contributed by atoms with Crippen LogP contribution in [0.2, 0.25) is 0 Å². The molecule has 4 nitrogen and oxygen atoms in total. The van der Waals surface area contributed by atoms with E-state index in [-0.39, 0.29) is 12.4 Å². The lowest BCUT2D eigenvalue weighted by atomic mass is 10.0.